The summed E-state index contributed by atoms with van der Waals surface area (Å²) in [5, 5.41) is 0. The first-order valence-corrected chi connectivity index (χ1v) is 6.87. The Morgan fingerprint density at radius 3 is 2.60 bits per heavy atom. The highest BCUT2D eigenvalue weighted by atomic mass is 16.6. The summed E-state index contributed by atoms with van der Waals surface area (Å²) in [4.78, 5) is 25.3. The zero-order valence-corrected chi connectivity index (χ0v) is 11.9. The van der Waals surface area contributed by atoms with Crippen molar-refractivity contribution in [3.05, 3.63) is 43.0 Å². The molecule has 0 heterocycles. The monoisotopic (exact) mass is 275 g/mol. The number of carbonyl (C=O) groups is 2. The third-order valence-electron chi connectivity index (χ3n) is 2.77. The molecule has 0 radical (unpaired) electrons. The van der Waals surface area contributed by atoms with Crippen LogP contribution in [0.2, 0.25) is 0 Å². The van der Waals surface area contributed by atoms with Gasteiger partial charge in [0.15, 0.2) is 0 Å². The molecule has 0 bridgehead atoms. The van der Waals surface area contributed by atoms with E-state index in [-0.39, 0.29) is 12.3 Å². The molecule has 20 heavy (non-hydrogen) atoms. The number of imide groups is 1. The van der Waals surface area contributed by atoms with Gasteiger partial charge in [0, 0.05) is 13.0 Å². The van der Waals surface area contributed by atoms with E-state index in [0.29, 0.717) is 18.7 Å². The van der Waals surface area contributed by atoms with Gasteiger partial charge in [0.05, 0.1) is 0 Å². The first-order chi connectivity index (χ1) is 9.69. The predicted octanol–water partition coefficient (Wildman–Crippen LogP) is 3.78. The van der Waals surface area contributed by atoms with Crippen LogP contribution in [-0.2, 0) is 4.79 Å². The van der Waals surface area contributed by atoms with Crippen LogP contribution in [0.3, 0.4) is 0 Å². The number of carbonyl (C=O) groups excluding carboxylic acids is 2. The van der Waals surface area contributed by atoms with E-state index in [1.807, 2.05) is 13.0 Å². The van der Waals surface area contributed by atoms with E-state index in [9.17, 15) is 9.59 Å². The van der Waals surface area contributed by atoms with E-state index in [4.69, 9.17) is 4.74 Å². The van der Waals surface area contributed by atoms with Crippen molar-refractivity contribution >= 4 is 12.0 Å². The molecule has 1 aromatic rings. The minimum absolute atomic E-state index is 0.223. The van der Waals surface area contributed by atoms with Gasteiger partial charge in [0.1, 0.15) is 5.75 Å². The normalized spacial score (nSPS) is 9.85. The Balaban J connectivity index is 2.68. The maximum absolute atomic E-state index is 12.1. The molecule has 4 heteroatoms. The van der Waals surface area contributed by atoms with E-state index < -0.39 is 6.09 Å². The minimum atomic E-state index is -0.612. The summed E-state index contributed by atoms with van der Waals surface area (Å²) in [5.41, 5.74) is 0. The van der Waals surface area contributed by atoms with Crippen molar-refractivity contribution in [2.24, 2.45) is 0 Å². The fourth-order valence-corrected chi connectivity index (χ4v) is 1.64. The molecule has 0 N–H and O–H groups in total. The number of benzene rings is 1. The molecule has 0 unspecified atom stereocenters. The van der Waals surface area contributed by atoms with Gasteiger partial charge in [-0.1, -0.05) is 37.6 Å². The number of ether oxygens (including phenoxy) is 1. The smallest absolute Gasteiger partial charge is 0.410 e. The molecule has 0 saturated heterocycles. The minimum Gasteiger partial charge on any atom is -0.410 e. The van der Waals surface area contributed by atoms with Crippen molar-refractivity contribution in [2.75, 3.05) is 6.54 Å². The van der Waals surface area contributed by atoms with Gasteiger partial charge in [0.2, 0.25) is 5.91 Å². The van der Waals surface area contributed by atoms with E-state index in [2.05, 4.69) is 6.58 Å². The van der Waals surface area contributed by atoms with Crippen LogP contribution in [0.1, 0.15) is 32.6 Å². The number of hydrogen-bond donors (Lipinski definition) is 0. The number of unbranched alkanes of at least 4 members (excludes halogenated alkanes) is 1. The Hall–Kier alpha value is -2.10. The van der Waals surface area contributed by atoms with Crippen molar-refractivity contribution in [3.63, 3.8) is 0 Å². The summed E-state index contributed by atoms with van der Waals surface area (Å²) in [5.74, 6) is 0.217. The molecular weight excluding hydrogens is 254 g/mol. The fraction of sp³-hybridized carbons (Fsp3) is 0.375. The summed E-state index contributed by atoms with van der Waals surface area (Å²) in [6.45, 7) is 5.98. The number of nitrogens with zero attached hydrogens (tertiary/aromatic N) is 1. The molecule has 1 rings (SSSR count). The lowest BCUT2D eigenvalue weighted by Crippen LogP contribution is -2.39. The first-order valence-electron chi connectivity index (χ1n) is 6.87. The SMILES string of the molecule is C=CCCC(=O)N(CCCC)C(=O)Oc1ccccc1. The topological polar surface area (TPSA) is 46.6 Å². The number of amides is 2. The van der Waals surface area contributed by atoms with Crippen molar-refractivity contribution in [1.29, 1.82) is 0 Å². The third-order valence-corrected chi connectivity index (χ3v) is 2.77. The lowest BCUT2D eigenvalue weighted by molar-refractivity contribution is -0.128. The molecule has 108 valence electrons. The molecule has 0 aromatic heterocycles. The van der Waals surface area contributed by atoms with Crippen LogP contribution in [0.25, 0.3) is 0 Å². The molecule has 0 spiro atoms. The van der Waals surface area contributed by atoms with Crippen molar-refractivity contribution in [2.45, 2.75) is 32.6 Å². The number of hydrogen-bond acceptors (Lipinski definition) is 3. The van der Waals surface area contributed by atoms with Crippen LogP contribution < -0.4 is 4.74 Å². The first kappa shape index (κ1) is 16.0. The van der Waals surface area contributed by atoms with Crippen LogP contribution in [0.5, 0.6) is 5.75 Å². The highest BCUT2D eigenvalue weighted by Crippen LogP contribution is 2.12. The van der Waals surface area contributed by atoms with Crippen molar-refractivity contribution in [3.8, 4) is 5.75 Å². The predicted molar refractivity (Wildman–Crippen MR) is 78.5 cm³/mol. The van der Waals surface area contributed by atoms with E-state index in [1.54, 1.807) is 30.3 Å². The molecule has 0 aliphatic carbocycles. The molecule has 0 saturated carbocycles. The zero-order chi connectivity index (χ0) is 14.8. The van der Waals surface area contributed by atoms with Crippen molar-refractivity contribution < 1.29 is 14.3 Å². The van der Waals surface area contributed by atoms with Crippen LogP contribution in [-0.4, -0.2) is 23.4 Å². The Labute approximate surface area is 120 Å². The molecular formula is C16H21NO3. The van der Waals surface area contributed by atoms with Gasteiger partial charge in [-0.2, -0.15) is 0 Å². The van der Waals surface area contributed by atoms with Gasteiger partial charge in [-0.15, -0.1) is 6.58 Å². The van der Waals surface area contributed by atoms with Crippen LogP contribution >= 0.6 is 0 Å². The Morgan fingerprint density at radius 1 is 1.30 bits per heavy atom. The molecule has 4 nitrogen and oxygen atoms in total. The molecule has 0 fully saturated rings. The van der Waals surface area contributed by atoms with Gasteiger partial charge >= 0.3 is 6.09 Å². The highest BCUT2D eigenvalue weighted by Gasteiger charge is 2.22. The summed E-state index contributed by atoms with van der Waals surface area (Å²) < 4.78 is 5.22. The third kappa shape index (κ3) is 5.26. The number of rotatable bonds is 7. The van der Waals surface area contributed by atoms with Gasteiger partial charge in [-0.25, -0.2) is 9.69 Å². The molecule has 0 aliphatic rings. The fourth-order valence-electron chi connectivity index (χ4n) is 1.64. The van der Waals surface area contributed by atoms with Crippen LogP contribution in [0.15, 0.2) is 43.0 Å². The maximum Gasteiger partial charge on any atom is 0.421 e. The lowest BCUT2D eigenvalue weighted by Gasteiger charge is -2.19. The lowest BCUT2D eigenvalue weighted by atomic mass is 10.2. The van der Waals surface area contributed by atoms with Gasteiger partial charge < -0.3 is 4.74 Å². The average molecular weight is 275 g/mol. The quantitative estimate of drug-likeness (QED) is 0.711. The number of allylic oxidation sites excluding steroid dienone is 1. The standard InChI is InChI=1S/C16H21NO3/c1-3-5-12-15(18)17(13-6-4-2)16(19)20-14-10-8-7-9-11-14/h3,7-11H,1,4-6,12-13H2,2H3. The van der Waals surface area contributed by atoms with E-state index >= 15 is 0 Å². The largest absolute Gasteiger partial charge is 0.421 e. The van der Waals surface area contributed by atoms with Crippen LogP contribution in [0, 0.1) is 0 Å². The van der Waals surface area contributed by atoms with Gasteiger partial charge in [-0.3, -0.25) is 4.79 Å². The summed E-state index contributed by atoms with van der Waals surface area (Å²) in [7, 11) is 0. The second-order valence-electron chi connectivity index (χ2n) is 4.41. The second kappa shape index (κ2) is 8.91. The van der Waals surface area contributed by atoms with E-state index in [1.165, 1.54) is 4.90 Å². The molecule has 0 aliphatic heterocycles. The molecule has 2 amide bonds. The summed E-state index contributed by atoms with van der Waals surface area (Å²) in [6.07, 6.45) is 3.56. The Bertz CT molecular complexity index is 442. The molecule has 1 aromatic carbocycles. The Kier molecular flexibility index (Phi) is 7.11. The highest BCUT2D eigenvalue weighted by molar-refractivity contribution is 5.92. The number of para-hydroxylation sites is 1. The summed E-state index contributed by atoms with van der Waals surface area (Å²) in [6, 6.07) is 8.76. The zero-order valence-electron chi connectivity index (χ0n) is 11.9. The second-order valence-corrected chi connectivity index (χ2v) is 4.41. The Morgan fingerprint density at radius 2 is 2.00 bits per heavy atom. The van der Waals surface area contributed by atoms with Gasteiger partial charge in [-0.05, 0) is 25.0 Å². The average Bonchev–Trinajstić information content (AvgIpc) is 2.46. The maximum atomic E-state index is 12.1. The van der Waals surface area contributed by atoms with Crippen molar-refractivity contribution in [1.82, 2.24) is 4.90 Å². The molecule has 0 atom stereocenters. The van der Waals surface area contributed by atoms with Gasteiger partial charge in [0.25, 0.3) is 0 Å². The van der Waals surface area contributed by atoms with E-state index in [0.717, 1.165) is 12.8 Å². The van der Waals surface area contributed by atoms with Crippen LogP contribution in [0.4, 0.5) is 4.79 Å². The summed E-state index contributed by atoms with van der Waals surface area (Å²) >= 11 is 0.